The summed E-state index contributed by atoms with van der Waals surface area (Å²) in [5, 5.41) is 3.85. The summed E-state index contributed by atoms with van der Waals surface area (Å²) >= 11 is 0. The van der Waals surface area contributed by atoms with Gasteiger partial charge in [-0.3, -0.25) is 0 Å². The first kappa shape index (κ1) is 6.20. The molecule has 2 nitrogen and oxygen atoms in total. The van der Waals surface area contributed by atoms with Crippen LogP contribution in [0.2, 0.25) is 0 Å². The van der Waals surface area contributed by atoms with Crippen molar-refractivity contribution in [1.29, 1.82) is 0 Å². The van der Waals surface area contributed by atoms with Gasteiger partial charge in [-0.2, -0.15) is 5.10 Å². The van der Waals surface area contributed by atoms with E-state index in [9.17, 15) is 0 Å². The smallest absolute Gasteiger partial charge is 0.0438 e. The maximum Gasteiger partial charge on any atom is 0.0438 e. The molecular weight excluding hydrogens is 124 g/mol. The largest absolute Gasteiger partial charge is 0.323 e. The first-order valence-corrected chi connectivity index (χ1v) is 4.15. The van der Waals surface area contributed by atoms with Crippen molar-refractivity contribution in [2.75, 3.05) is 0 Å². The molecule has 0 atom stereocenters. The van der Waals surface area contributed by atoms with Crippen LogP contribution in [0.4, 0.5) is 0 Å². The highest BCUT2D eigenvalue weighted by atomic mass is 15.1. The third kappa shape index (κ3) is 0.619. The van der Waals surface area contributed by atoms with Gasteiger partial charge in [0, 0.05) is 11.1 Å². The normalized spacial score (nSPS) is 33.0. The Morgan fingerprint density at radius 2 is 1.90 bits per heavy atom. The summed E-state index contributed by atoms with van der Waals surface area (Å²) < 4.78 is 0. The number of hydrogen-bond acceptors (Lipinski definition) is 2. The van der Waals surface area contributed by atoms with Crippen LogP contribution >= 0.6 is 0 Å². The van der Waals surface area contributed by atoms with E-state index in [1.807, 2.05) is 0 Å². The molecule has 2 saturated carbocycles. The van der Waals surface area contributed by atoms with Gasteiger partial charge in [-0.25, -0.2) is 0 Å². The zero-order chi connectivity index (χ0) is 7.03. The average molecular weight is 138 g/mol. The van der Waals surface area contributed by atoms with Crippen LogP contribution in [0.1, 0.15) is 38.5 Å². The molecule has 2 N–H and O–H groups in total. The van der Waals surface area contributed by atoms with E-state index in [0.717, 1.165) is 6.42 Å². The fourth-order valence-electron chi connectivity index (χ4n) is 2.38. The molecule has 2 heteroatoms. The highest BCUT2D eigenvalue weighted by Crippen LogP contribution is 2.50. The lowest BCUT2D eigenvalue weighted by Gasteiger charge is -2.39. The third-order valence-electron chi connectivity index (χ3n) is 3.17. The van der Waals surface area contributed by atoms with Crippen molar-refractivity contribution in [3.63, 3.8) is 0 Å². The highest BCUT2D eigenvalue weighted by Gasteiger charge is 2.45. The minimum atomic E-state index is 0.509. The summed E-state index contributed by atoms with van der Waals surface area (Å²) in [6.07, 6.45) is 7.99. The summed E-state index contributed by atoms with van der Waals surface area (Å²) in [4.78, 5) is 0. The summed E-state index contributed by atoms with van der Waals surface area (Å²) in [5.41, 5.74) is 1.80. The number of nitrogens with two attached hydrogens (primary N) is 1. The van der Waals surface area contributed by atoms with Crippen molar-refractivity contribution in [1.82, 2.24) is 0 Å². The molecule has 10 heavy (non-hydrogen) atoms. The van der Waals surface area contributed by atoms with Crippen molar-refractivity contribution in [3.8, 4) is 0 Å². The lowest BCUT2D eigenvalue weighted by molar-refractivity contribution is 0.338. The molecule has 0 amide bonds. The minimum Gasteiger partial charge on any atom is -0.323 e. The summed E-state index contributed by atoms with van der Waals surface area (Å²) in [6, 6.07) is 0. The summed E-state index contributed by atoms with van der Waals surface area (Å²) in [6.45, 7) is 0. The Hall–Kier alpha value is -0.530. The molecule has 0 radical (unpaired) electrons. The number of hydrogen-bond donors (Lipinski definition) is 1. The van der Waals surface area contributed by atoms with Gasteiger partial charge in [-0.05, 0) is 25.7 Å². The van der Waals surface area contributed by atoms with Gasteiger partial charge in [0.05, 0.1) is 0 Å². The van der Waals surface area contributed by atoms with Gasteiger partial charge < -0.3 is 5.84 Å². The standard InChI is InChI=1S/C8H14N2/c9-10-7-3-6-8(7)4-1-2-5-8/h1-6,9H2/b10-7-. The van der Waals surface area contributed by atoms with Crippen LogP contribution in [0.5, 0.6) is 0 Å². The molecule has 0 heterocycles. The Kier molecular flexibility index (Phi) is 1.22. The summed E-state index contributed by atoms with van der Waals surface area (Å²) in [7, 11) is 0. The van der Waals surface area contributed by atoms with Crippen LogP contribution in [0.3, 0.4) is 0 Å². The Balaban J connectivity index is 2.15. The molecule has 0 bridgehead atoms. The zero-order valence-corrected chi connectivity index (χ0v) is 6.27. The van der Waals surface area contributed by atoms with E-state index in [-0.39, 0.29) is 0 Å². The van der Waals surface area contributed by atoms with E-state index >= 15 is 0 Å². The quantitative estimate of drug-likeness (QED) is 0.401. The van der Waals surface area contributed by atoms with Crippen molar-refractivity contribution in [2.24, 2.45) is 16.4 Å². The van der Waals surface area contributed by atoms with Crippen LogP contribution in [0, 0.1) is 5.41 Å². The molecule has 0 saturated heterocycles. The first-order chi connectivity index (χ1) is 4.87. The second-order valence-corrected chi connectivity index (χ2v) is 3.56. The van der Waals surface area contributed by atoms with Crippen molar-refractivity contribution >= 4 is 5.71 Å². The minimum absolute atomic E-state index is 0.509. The van der Waals surface area contributed by atoms with Gasteiger partial charge in [0.15, 0.2) is 0 Å². The highest BCUT2D eigenvalue weighted by molar-refractivity contribution is 5.95. The zero-order valence-electron chi connectivity index (χ0n) is 6.27. The van der Waals surface area contributed by atoms with Gasteiger partial charge in [0.25, 0.3) is 0 Å². The maximum absolute atomic E-state index is 5.28. The van der Waals surface area contributed by atoms with Crippen molar-refractivity contribution in [2.45, 2.75) is 38.5 Å². The fourth-order valence-corrected chi connectivity index (χ4v) is 2.38. The third-order valence-corrected chi connectivity index (χ3v) is 3.17. The number of rotatable bonds is 0. The number of nitrogens with zero attached hydrogens (tertiary/aromatic N) is 1. The molecule has 2 rings (SSSR count). The second-order valence-electron chi connectivity index (χ2n) is 3.56. The van der Waals surface area contributed by atoms with E-state index < -0.39 is 0 Å². The maximum atomic E-state index is 5.28. The molecule has 0 aromatic carbocycles. The molecule has 2 aliphatic rings. The molecule has 0 aromatic rings. The van der Waals surface area contributed by atoms with Crippen LogP contribution < -0.4 is 5.84 Å². The molecule has 2 aliphatic carbocycles. The van der Waals surface area contributed by atoms with E-state index in [2.05, 4.69) is 5.10 Å². The fraction of sp³-hybridized carbons (Fsp3) is 0.875. The molecule has 56 valence electrons. The first-order valence-electron chi connectivity index (χ1n) is 4.15. The van der Waals surface area contributed by atoms with Crippen LogP contribution in [0.25, 0.3) is 0 Å². The molecule has 0 aliphatic heterocycles. The topological polar surface area (TPSA) is 38.4 Å². The molecular formula is C8H14N2. The Labute approximate surface area is 61.5 Å². The van der Waals surface area contributed by atoms with Crippen molar-refractivity contribution < 1.29 is 0 Å². The Morgan fingerprint density at radius 3 is 2.30 bits per heavy atom. The van der Waals surface area contributed by atoms with Crippen LogP contribution in [-0.4, -0.2) is 5.71 Å². The van der Waals surface area contributed by atoms with Gasteiger partial charge in [0.2, 0.25) is 0 Å². The van der Waals surface area contributed by atoms with Crippen LogP contribution in [-0.2, 0) is 0 Å². The molecule has 0 aromatic heterocycles. The molecule has 1 spiro atoms. The monoisotopic (exact) mass is 138 g/mol. The molecule has 0 unspecified atom stereocenters. The average Bonchev–Trinajstić information content (AvgIpc) is 2.35. The predicted molar refractivity (Wildman–Crippen MR) is 41.8 cm³/mol. The van der Waals surface area contributed by atoms with E-state index in [1.165, 1.54) is 37.8 Å². The number of hydrazone groups is 1. The Bertz CT molecular complexity index is 166. The van der Waals surface area contributed by atoms with Gasteiger partial charge >= 0.3 is 0 Å². The lowest BCUT2D eigenvalue weighted by Crippen LogP contribution is -2.38. The van der Waals surface area contributed by atoms with Gasteiger partial charge in [-0.1, -0.05) is 12.8 Å². The Morgan fingerprint density at radius 1 is 1.20 bits per heavy atom. The SMILES string of the molecule is N/N=C1/CCC12CCCC2. The molecule has 2 fully saturated rings. The predicted octanol–water partition coefficient (Wildman–Crippen LogP) is 1.66. The van der Waals surface area contributed by atoms with Gasteiger partial charge in [-0.15, -0.1) is 0 Å². The summed E-state index contributed by atoms with van der Waals surface area (Å²) in [5.74, 6) is 5.28. The van der Waals surface area contributed by atoms with E-state index in [1.54, 1.807) is 0 Å². The van der Waals surface area contributed by atoms with Gasteiger partial charge in [0.1, 0.15) is 0 Å². The lowest BCUT2D eigenvalue weighted by atomic mass is 9.66. The van der Waals surface area contributed by atoms with Crippen molar-refractivity contribution in [3.05, 3.63) is 0 Å². The van der Waals surface area contributed by atoms with E-state index in [4.69, 9.17) is 5.84 Å². The second kappa shape index (κ2) is 1.97. The van der Waals surface area contributed by atoms with Crippen LogP contribution in [0.15, 0.2) is 5.10 Å². The van der Waals surface area contributed by atoms with E-state index in [0.29, 0.717) is 5.41 Å².